The fourth-order valence-corrected chi connectivity index (χ4v) is 1.00. The van der Waals surface area contributed by atoms with Crippen molar-refractivity contribution in [2.45, 2.75) is 32.5 Å². The quantitative estimate of drug-likeness (QED) is 0.438. The molecule has 68 valence electrons. The molecule has 11 heavy (non-hydrogen) atoms. The molecule has 0 aliphatic carbocycles. The van der Waals surface area contributed by atoms with Crippen molar-refractivity contribution in [2.24, 2.45) is 0 Å². The lowest BCUT2D eigenvalue weighted by atomic mass is 10.2. The van der Waals surface area contributed by atoms with Gasteiger partial charge in [0.1, 0.15) is 0 Å². The molecule has 3 nitrogen and oxygen atoms in total. The van der Waals surface area contributed by atoms with Gasteiger partial charge in [0, 0.05) is 6.54 Å². The summed E-state index contributed by atoms with van der Waals surface area (Å²) in [5.74, 6) is 0. The average Bonchev–Trinajstić information content (AvgIpc) is 1.86. The highest BCUT2D eigenvalue weighted by Gasteiger charge is 2.02. The normalized spacial score (nSPS) is 11.5. The average molecular weight is 161 g/mol. The standard InChI is InChI=1S/C8H19NO2/c1-3-4-5-6-9(2)7-8(10)11/h8,10-11H,3-7H2,1-2H3. The summed E-state index contributed by atoms with van der Waals surface area (Å²) in [4.78, 5) is 1.93. The van der Waals surface area contributed by atoms with Crippen molar-refractivity contribution >= 4 is 0 Å². The molecule has 0 saturated carbocycles. The summed E-state index contributed by atoms with van der Waals surface area (Å²) in [7, 11) is 1.90. The Hall–Kier alpha value is -0.120. The van der Waals surface area contributed by atoms with Crippen LogP contribution in [0.2, 0.25) is 0 Å². The molecule has 0 fully saturated rings. The molecule has 0 aliphatic rings. The van der Waals surface area contributed by atoms with Gasteiger partial charge in [-0.3, -0.25) is 0 Å². The van der Waals surface area contributed by atoms with Crippen LogP contribution in [-0.2, 0) is 0 Å². The van der Waals surface area contributed by atoms with E-state index < -0.39 is 6.29 Å². The summed E-state index contributed by atoms with van der Waals surface area (Å²) in [6.07, 6.45) is 2.36. The molecule has 0 saturated heterocycles. The third-order valence-electron chi connectivity index (χ3n) is 1.62. The Morgan fingerprint density at radius 1 is 1.27 bits per heavy atom. The molecular formula is C8H19NO2. The Labute approximate surface area is 68.6 Å². The van der Waals surface area contributed by atoms with Gasteiger partial charge in [0.25, 0.3) is 0 Å². The number of aliphatic hydroxyl groups is 2. The van der Waals surface area contributed by atoms with Gasteiger partial charge in [-0.2, -0.15) is 0 Å². The Kier molecular flexibility index (Phi) is 6.51. The van der Waals surface area contributed by atoms with Crippen LogP contribution in [0.4, 0.5) is 0 Å². The van der Waals surface area contributed by atoms with Crippen molar-refractivity contribution in [1.29, 1.82) is 0 Å². The number of aliphatic hydroxyl groups excluding tert-OH is 1. The van der Waals surface area contributed by atoms with E-state index in [2.05, 4.69) is 6.92 Å². The van der Waals surface area contributed by atoms with Crippen LogP contribution in [0.3, 0.4) is 0 Å². The maximum Gasteiger partial charge on any atom is 0.164 e. The van der Waals surface area contributed by atoms with Crippen LogP contribution in [0, 0.1) is 0 Å². The second-order valence-electron chi connectivity index (χ2n) is 2.95. The lowest BCUT2D eigenvalue weighted by Crippen LogP contribution is -2.29. The highest BCUT2D eigenvalue weighted by molar-refractivity contribution is 4.51. The summed E-state index contributed by atoms with van der Waals surface area (Å²) in [5, 5.41) is 17.2. The van der Waals surface area contributed by atoms with Gasteiger partial charge in [-0.15, -0.1) is 0 Å². The molecule has 3 heteroatoms. The molecule has 0 radical (unpaired) electrons. The van der Waals surface area contributed by atoms with Gasteiger partial charge >= 0.3 is 0 Å². The first-order valence-electron chi connectivity index (χ1n) is 4.21. The monoisotopic (exact) mass is 161 g/mol. The Bertz CT molecular complexity index is 86.2. The summed E-state index contributed by atoms with van der Waals surface area (Å²) >= 11 is 0. The Morgan fingerprint density at radius 2 is 1.91 bits per heavy atom. The van der Waals surface area contributed by atoms with E-state index >= 15 is 0 Å². The third-order valence-corrected chi connectivity index (χ3v) is 1.62. The zero-order valence-corrected chi connectivity index (χ0v) is 7.45. The highest BCUT2D eigenvalue weighted by atomic mass is 16.5. The minimum atomic E-state index is -1.19. The maximum atomic E-state index is 8.59. The Morgan fingerprint density at radius 3 is 2.36 bits per heavy atom. The molecule has 0 unspecified atom stereocenters. The van der Waals surface area contributed by atoms with Crippen LogP contribution in [0.25, 0.3) is 0 Å². The van der Waals surface area contributed by atoms with Crippen LogP contribution < -0.4 is 0 Å². The molecule has 0 aromatic heterocycles. The molecule has 0 spiro atoms. The van der Waals surface area contributed by atoms with Gasteiger partial charge < -0.3 is 15.1 Å². The van der Waals surface area contributed by atoms with Crippen LogP contribution in [-0.4, -0.2) is 41.5 Å². The van der Waals surface area contributed by atoms with Gasteiger partial charge in [-0.25, -0.2) is 0 Å². The molecule has 0 aromatic carbocycles. The van der Waals surface area contributed by atoms with E-state index in [4.69, 9.17) is 10.2 Å². The first-order valence-corrected chi connectivity index (χ1v) is 4.21. The predicted molar refractivity (Wildman–Crippen MR) is 45.2 cm³/mol. The van der Waals surface area contributed by atoms with Crippen molar-refractivity contribution in [3.05, 3.63) is 0 Å². The molecule has 0 aromatic rings. The van der Waals surface area contributed by atoms with Crippen LogP contribution >= 0.6 is 0 Å². The van der Waals surface area contributed by atoms with Crippen LogP contribution in [0.5, 0.6) is 0 Å². The van der Waals surface area contributed by atoms with E-state index in [0.717, 1.165) is 13.0 Å². The van der Waals surface area contributed by atoms with Gasteiger partial charge in [0.2, 0.25) is 0 Å². The van der Waals surface area contributed by atoms with Gasteiger partial charge in [0.05, 0.1) is 0 Å². The summed E-state index contributed by atoms with van der Waals surface area (Å²) < 4.78 is 0. The number of likely N-dealkylation sites (N-methyl/N-ethyl adjacent to an activating group) is 1. The smallest absolute Gasteiger partial charge is 0.164 e. The molecular weight excluding hydrogens is 142 g/mol. The SMILES string of the molecule is CCCCCN(C)CC(O)O. The van der Waals surface area contributed by atoms with E-state index in [1.807, 2.05) is 11.9 Å². The topological polar surface area (TPSA) is 43.7 Å². The molecule has 0 atom stereocenters. The van der Waals surface area contributed by atoms with Crippen molar-refractivity contribution < 1.29 is 10.2 Å². The number of unbranched alkanes of at least 4 members (excludes halogenated alkanes) is 2. The first kappa shape index (κ1) is 10.9. The summed E-state index contributed by atoms with van der Waals surface area (Å²) in [6, 6.07) is 0. The molecule has 0 bridgehead atoms. The van der Waals surface area contributed by atoms with E-state index in [0.29, 0.717) is 6.54 Å². The van der Waals surface area contributed by atoms with E-state index in [-0.39, 0.29) is 0 Å². The highest BCUT2D eigenvalue weighted by Crippen LogP contribution is 1.96. The largest absolute Gasteiger partial charge is 0.367 e. The molecule has 0 aliphatic heterocycles. The van der Waals surface area contributed by atoms with Gasteiger partial charge in [-0.1, -0.05) is 19.8 Å². The fourth-order valence-electron chi connectivity index (χ4n) is 1.00. The van der Waals surface area contributed by atoms with E-state index in [1.54, 1.807) is 0 Å². The van der Waals surface area contributed by atoms with Crippen molar-refractivity contribution in [3.8, 4) is 0 Å². The third kappa shape index (κ3) is 7.78. The fraction of sp³-hybridized carbons (Fsp3) is 1.00. The van der Waals surface area contributed by atoms with Crippen LogP contribution in [0.15, 0.2) is 0 Å². The van der Waals surface area contributed by atoms with Crippen molar-refractivity contribution in [1.82, 2.24) is 4.90 Å². The molecule has 0 rings (SSSR count). The number of nitrogens with zero attached hydrogens (tertiary/aromatic N) is 1. The van der Waals surface area contributed by atoms with E-state index in [1.165, 1.54) is 12.8 Å². The second kappa shape index (κ2) is 6.58. The lowest BCUT2D eigenvalue weighted by molar-refractivity contribution is -0.0573. The predicted octanol–water partition coefficient (Wildman–Crippen LogP) is 0.419. The van der Waals surface area contributed by atoms with E-state index in [9.17, 15) is 0 Å². The van der Waals surface area contributed by atoms with Gasteiger partial charge in [-0.05, 0) is 20.0 Å². The number of rotatable bonds is 6. The van der Waals surface area contributed by atoms with Gasteiger partial charge in [0.15, 0.2) is 6.29 Å². The van der Waals surface area contributed by atoms with Crippen molar-refractivity contribution in [3.63, 3.8) is 0 Å². The zero-order valence-electron chi connectivity index (χ0n) is 7.45. The Balaban J connectivity index is 3.15. The van der Waals surface area contributed by atoms with Crippen LogP contribution in [0.1, 0.15) is 26.2 Å². The maximum absolute atomic E-state index is 8.59. The summed E-state index contributed by atoms with van der Waals surface area (Å²) in [6.45, 7) is 3.45. The van der Waals surface area contributed by atoms with Crippen molar-refractivity contribution in [2.75, 3.05) is 20.1 Å². The molecule has 2 N–H and O–H groups in total. The minimum Gasteiger partial charge on any atom is -0.367 e. The second-order valence-corrected chi connectivity index (χ2v) is 2.95. The molecule has 0 amide bonds. The lowest BCUT2D eigenvalue weighted by Gasteiger charge is -2.16. The zero-order chi connectivity index (χ0) is 8.69. The summed E-state index contributed by atoms with van der Waals surface area (Å²) in [5.41, 5.74) is 0. The number of hydrogen-bond acceptors (Lipinski definition) is 3. The first-order chi connectivity index (χ1) is 5.16. The number of hydrogen-bond donors (Lipinski definition) is 2. The minimum absolute atomic E-state index is 0.351. The molecule has 0 heterocycles.